The number of benzene rings is 1. The lowest BCUT2D eigenvalue weighted by Crippen LogP contribution is -2.41. The Bertz CT molecular complexity index is 829. The molecule has 5 heteroatoms. The van der Waals surface area contributed by atoms with Crippen molar-refractivity contribution in [3.8, 4) is 0 Å². The number of rotatable bonds is 5. The maximum Gasteiger partial charge on any atom is 0.313 e. The van der Waals surface area contributed by atoms with Crippen molar-refractivity contribution >= 4 is 25.3 Å². The SMILES string of the molecule is COC(=O)C1CCCc2c1ccc1oc(CCO[Si](C)(C)C(C)(C)C)cc21. The monoisotopic (exact) mass is 388 g/mol. The molecule has 1 aromatic heterocycles. The number of methoxy groups -OCH3 is 1. The number of carbonyl (C=O) groups is 1. The van der Waals surface area contributed by atoms with Gasteiger partial charge in [-0.3, -0.25) is 4.79 Å². The molecule has 1 unspecified atom stereocenters. The summed E-state index contributed by atoms with van der Waals surface area (Å²) in [5, 5.41) is 1.35. The summed E-state index contributed by atoms with van der Waals surface area (Å²) in [5.41, 5.74) is 3.25. The molecule has 0 N–H and O–H groups in total. The maximum atomic E-state index is 12.1. The Hall–Kier alpha value is -1.59. The van der Waals surface area contributed by atoms with E-state index >= 15 is 0 Å². The fourth-order valence-electron chi connectivity index (χ4n) is 3.62. The molecule has 0 fully saturated rings. The van der Waals surface area contributed by atoms with Crippen LogP contribution in [0, 0.1) is 0 Å². The molecule has 1 atom stereocenters. The second-order valence-corrected chi connectivity index (χ2v) is 13.9. The third-order valence-electron chi connectivity index (χ3n) is 6.30. The largest absolute Gasteiger partial charge is 0.469 e. The van der Waals surface area contributed by atoms with Crippen molar-refractivity contribution < 1.29 is 18.4 Å². The summed E-state index contributed by atoms with van der Waals surface area (Å²) in [5.74, 6) is 0.669. The van der Waals surface area contributed by atoms with Gasteiger partial charge in [0, 0.05) is 18.4 Å². The number of ether oxygens (including phenoxy) is 1. The molecule has 0 aliphatic heterocycles. The molecule has 0 saturated heterocycles. The molecular formula is C22H32O4Si. The van der Waals surface area contributed by atoms with Gasteiger partial charge in [0.1, 0.15) is 11.3 Å². The molecular weight excluding hydrogens is 356 g/mol. The van der Waals surface area contributed by atoms with Crippen LogP contribution in [0.2, 0.25) is 18.1 Å². The van der Waals surface area contributed by atoms with Crippen LogP contribution in [0.1, 0.15) is 56.4 Å². The molecule has 27 heavy (non-hydrogen) atoms. The zero-order valence-electron chi connectivity index (χ0n) is 17.5. The lowest BCUT2D eigenvalue weighted by molar-refractivity contribution is -0.142. The third kappa shape index (κ3) is 3.99. The van der Waals surface area contributed by atoms with E-state index in [1.165, 1.54) is 12.7 Å². The Morgan fingerprint density at radius 3 is 2.70 bits per heavy atom. The normalized spacial score (nSPS) is 17.8. The van der Waals surface area contributed by atoms with Gasteiger partial charge in [-0.15, -0.1) is 0 Å². The second kappa shape index (κ2) is 7.44. The highest BCUT2D eigenvalue weighted by atomic mass is 28.4. The quantitative estimate of drug-likeness (QED) is 0.495. The molecule has 1 aliphatic rings. The van der Waals surface area contributed by atoms with Gasteiger partial charge in [0.25, 0.3) is 0 Å². The Morgan fingerprint density at radius 1 is 1.30 bits per heavy atom. The van der Waals surface area contributed by atoms with Crippen LogP contribution in [0.5, 0.6) is 0 Å². The summed E-state index contributed by atoms with van der Waals surface area (Å²) in [7, 11) is -0.274. The minimum atomic E-state index is -1.74. The number of furan rings is 1. The first kappa shape index (κ1) is 20.1. The van der Waals surface area contributed by atoms with Gasteiger partial charge in [0.2, 0.25) is 0 Å². The van der Waals surface area contributed by atoms with Crippen LogP contribution in [0.15, 0.2) is 22.6 Å². The Labute approximate surface area is 163 Å². The molecule has 0 saturated carbocycles. The molecule has 0 radical (unpaired) electrons. The Balaban J connectivity index is 1.79. The molecule has 0 spiro atoms. The fraction of sp³-hybridized carbons (Fsp3) is 0.591. The van der Waals surface area contributed by atoms with Gasteiger partial charge >= 0.3 is 5.97 Å². The summed E-state index contributed by atoms with van der Waals surface area (Å²) in [6.45, 7) is 12.0. The lowest BCUT2D eigenvalue weighted by Gasteiger charge is -2.36. The molecule has 0 amide bonds. The molecule has 4 nitrogen and oxygen atoms in total. The predicted octanol–water partition coefficient (Wildman–Crippen LogP) is 5.59. The standard InChI is InChI=1S/C22H32O4Si/c1-22(2,3)27(5,6)25-13-12-15-14-19-16-8-7-9-18(21(23)24-4)17(16)10-11-20(19)26-15/h10-11,14,18H,7-9,12-13H2,1-6H3. The van der Waals surface area contributed by atoms with E-state index < -0.39 is 8.32 Å². The lowest BCUT2D eigenvalue weighted by atomic mass is 9.81. The summed E-state index contributed by atoms with van der Waals surface area (Å²) in [6, 6.07) is 6.17. The highest BCUT2D eigenvalue weighted by Gasteiger charge is 2.37. The minimum Gasteiger partial charge on any atom is -0.469 e. The van der Waals surface area contributed by atoms with Crippen LogP contribution in [0.25, 0.3) is 11.0 Å². The number of esters is 1. The van der Waals surface area contributed by atoms with Crippen molar-refractivity contribution in [1.29, 1.82) is 0 Å². The van der Waals surface area contributed by atoms with E-state index in [1.54, 1.807) is 0 Å². The molecule has 2 aromatic rings. The molecule has 1 aromatic carbocycles. The number of carbonyl (C=O) groups excluding carboxylic acids is 1. The summed E-state index contributed by atoms with van der Waals surface area (Å²) < 4.78 is 17.4. The van der Waals surface area contributed by atoms with E-state index in [2.05, 4.69) is 39.9 Å². The third-order valence-corrected chi connectivity index (χ3v) is 10.8. The van der Waals surface area contributed by atoms with E-state index in [0.29, 0.717) is 6.61 Å². The van der Waals surface area contributed by atoms with Crippen molar-refractivity contribution in [2.75, 3.05) is 13.7 Å². The van der Waals surface area contributed by atoms with Crippen LogP contribution in [-0.2, 0) is 26.8 Å². The van der Waals surface area contributed by atoms with E-state index in [0.717, 1.165) is 48.0 Å². The highest BCUT2D eigenvalue weighted by molar-refractivity contribution is 6.74. The highest BCUT2D eigenvalue weighted by Crippen LogP contribution is 2.38. The zero-order chi connectivity index (χ0) is 19.8. The minimum absolute atomic E-state index is 0.137. The molecule has 148 valence electrons. The first-order valence-corrected chi connectivity index (χ1v) is 12.8. The Kier molecular flexibility index (Phi) is 5.55. The number of hydrogen-bond acceptors (Lipinski definition) is 4. The second-order valence-electron chi connectivity index (χ2n) is 9.08. The van der Waals surface area contributed by atoms with Gasteiger partial charge in [-0.25, -0.2) is 0 Å². The van der Waals surface area contributed by atoms with E-state index in [-0.39, 0.29) is 16.9 Å². The van der Waals surface area contributed by atoms with Crippen LogP contribution in [0.4, 0.5) is 0 Å². The predicted molar refractivity (Wildman–Crippen MR) is 111 cm³/mol. The zero-order valence-corrected chi connectivity index (χ0v) is 18.5. The molecule has 1 heterocycles. The van der Waals surface area contributed by atoms with E-state index in [9.17, 15) is 4.79 Å². The van der Waals surface area contributed by atoms with E-state index in [4.69, 9.17) is 13.6 Å². The number of fused-ring (bicyclic) bond motifs is 3. The first-order chi connectivity index (χ1) is 12.6. The average molecular weight is 389 g/mol. The van der Waals surface area contributed by atoms with Gasteiger partial charge in [-0.1, -0.05) is 26.8 Å². The van der Waals surface area contributed by atoms with Crippen LogP contribution in [-0.4, -0.2) is 28.0 Å². The molecule has 1 aliphatic carbocycles. The number of aryl methyl sites for hydroxylation is 1. The van der Waals surface area contributed by atoms with Crippen LogP contribution >= 0.6 is 0 Å². The molecule has 0 bridgehead atoms. The maximum absolute atomic E-state index is 12.1. The van der Waals surface area contributed by atoms with E-state index in [1.807, 2.05) is 12.1 Å². The van der Waals surface area contributed by atoms with Crippen LogP contribution < -0.4 is 0 Å². The van der Waals surface area contributed by atoms with Gasteiger partial charge < -0.3 is 13.6 Å². The fourth-order valence-corrected chi connectivity index (χ4v) is 4.66. The van der Waals surface area contributed by atoms with Gasteiger partial charge in [0.15, 0.2) is 8.32 Å². The number of hydrogen-bond donors (Lipinski definition) is 0. The topological polar surface area (TPSA) is 48.7 Å². The summed E-state index contributed by atoms with van der Waals surface area (Å²) in [4.78, 5) is 12.1. The summed E-state index contributed by atoms with van der Waals surface area (Å²) in [6.07, 6.45) is 3.62. The van der Waals surface area contributed by atoms with Crippen LogP contribution in [0.3, 0.4) is 0 Å². The van der Waals surface area contributed by atoms with Gasteiger partial charge in [0.05, 0.1) is 13.0 Å². The first-order valence-electron chi connectivity index (χ1n) is 9.90. The van der Waals surface area contributed by atoms with Gasteiger partial charge in [-0.2, -0.15) is 0 Å². The van der Waals surface area contributed by atoms with Gasteiger partial charge in [-0.05, 0) is 60.7 Å². The van der Waals surface area contributed by atoms with Crippen molar-refractivity contribution in [2.24, 2.45) is 0 Å². The Morgan fingerprint density at radius 2 is 2.04 bits per heavy atom. The smallest absolute Gasteiger partial charge is 0.313 e. The summed E-state index contributed by atoms with van der Waals surface area (Å²) >= 11 is 0. The average Bonchev–Trinajstić information content (AvgIpc) is 3.02. The van der Waals surface area contributed by atoms with Crippen molar-refractivity contribution in [3.05, 3.63) is 35.1 Å². The van der Waals surface area contributed by atoms with Crippen molar-refractivity contribution in [1.82, 2.24) is 0 Å². The van der Waals surface area contributed by atoms with Crippen molar-refractivity contribution in [3.63, 3.8) is 0 Å². The molecule has 3 rings (SSSR count). The van der Waals surface area contributed by atoms with Crippen molar-refractivity contribution in [2.45, 2.75) is 70.5 Å².